The van der Waals surface area contributed by atoms with Crippen LogP contribution in [0, 0.1) is 5.92 Å². The predicted molar refractivity (Wildman–Crippen MR) is 70.9 cm³/mol. The van der Waals surface area contributed by atoms with Gasteiger partial charge in [0, 0.05) is 27.1 Å². The van der Waals surface area contributed by atoms with Gasteiger partial charge in [-0.25, -0.2) is 0 Å². The Hall–Kier alpha value is -0.120. The van der Waals surface area contributed by atoms with Crippen LogP contribution in [0.3, 0.4) is 0 Å². The molecule has 3 heteroatoms. The molecule has 1 rings (SSSR count). The smallest absolute Gasteiger partial charge is 0.0714 e. The Balaban J connectivity index is 0.00000256. The number of nitrogens with zero attached hydrogens (tertiary/aromatic N) is 1. The lowest BCUT2D eigenvalue weighted by molar-refractivity contribution is -0.0348. The van der Waals surface area contributed by atoms with Gasteiger partial charge in [0.2, 0.25) is 0 Å². The molecule has 1 fully saturated rings. The second-order valence-electron chi connectivity index (χ2n) is 5.54. The number of ether oxygens (including phenoxy) is 1. The minimum Gasteiger partial charge on any atom is -0.376 e. The van der Waals surface area contributed by atoms with Crippen molar-refractivity contribution in [2.45, 2.75) is 46.3 Å². The third-order valence-corrected chi connectivity index (χ3v) is 2.87. The Bertz CT molecular complexity index is 188. The van der Waals surface area contributed by atoms with Crippen LogP contribution in [0.1, 0.15) is 35.5 Å². The highest BCUT2D eigenvalue weighted by atomic mass is 16.5. The lowest BCUT2D eigenvalue weighted by Crippen LogP contribution is -2.45. The van der Waals surface area contributed by atoms with E-state index in [1.165, 1.54) is 6.54 Å². The van der Waals surface area contributed by atoms with E-state index in [2.05, 4.69) is 37.9 Å². The Kier molecular flexibility index (Phi) is 6.32. The van der Waals surface area contributed by atoms with Crippen LogP contribution < -0.4 is 5.32 Å². The molecule has 1 saturated heterocycles. The monoisotopic (exact) mass is 230 g/mol. The summed E-state index contributed by atoms with van der Waals surface area (Å²) < 4.78 is 5.79. The van der Waals surface area contributed by atoms with Gasteiger partial charge in [0.1, 0.15) is 0 Å². The Morgan fingerprint density at radius 3 is 2.75 bits per heavy atom. The highest BCUT2D eigenvalue weighted by molar-refractivity contribution is 4.73. The summed E-state index contributed by atoms with van der Waals surface area (Å²) in [5, 5.41) is 3.45. The fourth-order valence-corrected chi connectivity index (χ4v) is 2.17. The van der Waals surface area contributed by atoms with Crippen molar-refractivity contribution in [1.29, 1.82) is 0 Å². The van der Waals surface area contributed by atoms with Crippen LogP contribution >= 0.6 is 0 Å². The average molecular weight is 230 g/mol. The molecule has 1 heterocycles. The molecular formula is C13H30N2O. The summed E-state index contributed by atoms with van der Waals surface area (Å²) in [4.78, 5) is 2.54. The van der Waals surface area contributed by atoms with Gasteiger partial charge in [0.15, 0.2) is 0 Å². The number of hydrogen-bond donors (Lipinski definition) is 1. The maximum absolute atomic E-state index is 5.79. The van der Waals surface area contributed by atoms with E-state index < -0.39 is 0 Å². The highest BCUT2D eigenvalue weighted by Crippen LogP contribution is 2.10. The van der Waals surface area contributed by atoms with Crippen LogP contribution in [0.2, 0.25) is 0 Å². The zero-order valence-electron chi connectivity index (χ0n) is 11.3. The summed E-state index contributed by atoms with van der Waals surface area (Å²) in [6, 6.07) is 0.579. The third kappa shape index (κ3) is 5.83. The van der Waals surface area contributed by atoms with Gasteiger partial charge < -0.3 is 10.1 Å². The van der Waals surface area contributed by atoms with E-state index in [0.717, 1.165) is 38.6 Å². The van der Waals surface area contributed by atoms with Crippen molar-refractivity contribution < 1.29 is 6.16 Å². The molecule has 1 atom stereocenters. The van der Waals surface area contributed by atoms with E-state index in [-0.39, 0.29) is 1.43 Å². The first-order valence-electron chi connectivity index (χ1n) is 6.65. The summed E-state index contributed by atoms with van der Waals surface area (Å²) >= 11 is 0. The lowest BCUT2D eigenvalue weighted by Gasteiger charge is -2.34. The van der Waals surface area contributed by atoms with Crippen LogP contribution in [0.25, 0.3) is 0 Å². The molecule has 98 valence electrons. The number of hydrogen-bond acceptors (Lipinski definition) is 3. The van der Waals surface area contributed by atoms with Crippen molar-refractivity contribution >= 4 is 0 Å². The van der Waals surface area contributed by atoms with Crippen molar-refractivity contribution in [2.24, 2.45) is 5.92 Å². The largest absolute Gasteiger partial charge is 0.376 e. The van der Waals surface area contributed by atoms with E-state index in [1.54, 1.807) is 0 Å². The Labute approximate surface area is 102 Å². The van der Waals surface area contributed by atoms with Crippen molar-refractivity contribution in [3.05, 3.63) is 0 Å². The molecule has 0 aromatic carbocycles. The molecular weight excluding hydrogens is 200 g/mol. The summed E-state index contributed by atoms with van der Waals surface area (Å²) in [7, 11) is 0. The summed E-state index contributed by atoms with van der Waals surface area (Å²) in [6.45, 7) is 14.3. The fourth-order valence-electron chi connectivity index (χ4n) is 2.17. The molecule has 0 aliphatic carbocycles. The van der Waals surface area contributed by atoms with Crippen LogP contribution in [-0.4, -0.2) is 49.8 Å². The van der Waals surface area contributed by atoms with Crippen molar-refractivity contribution in [3.63, 3.8) is 0 Å². The predicted octanol–water partition coefficient (Wildman–Crippen LogP) is 1.98. The van der Waals surface area contributed by atoms with Gasteiger partial charge in [-0.2, -0.15) is 0 Å². The Morgan fingerprint density at radius 2 is 2.12 bits per heavy atom. The maximum Gasteiger partial charge on any atom is 0.0714 e. The molecule has 0 spiro atoms. The molecule has 1 aliphatic rings. The van der Waals surface area contributed by atoms with E-state index in [0.29, 0.717) is 12.1 Å². The molecule has 1 N–H and O–H groups in total. The standard InChI is InChI=1S/C13H28N2O.H2/c1-11(2)9-15-7-8-16-13(10-15)5-6-14-12(3)4;/h11-14H,5-10H2,1-4H3;1H/t13-;/m1./s1. The molecule has 0 radical (unpaired) electrons. The van der Waals surface area contributed by atoms with Gasteiger partial charge in [-0.3, -0.25) is 4.90 Å². The zero-order valence-corrected chi connectivity index (χ0v) is 11.3. The average Bonchev–Trinajstić information content (AvgIpc) is 2.16. The van der Waals surface area contributed by atoms with Gasteiger partial charge in [-0.15, -0.1) is 0 Å². The first kappa shape index (κ1) is 13.9. The van der Waals surface area contributed by atoms with Crippen molar-refractivity contribution in [1.82, 2.24) is 10.2 Å². The van der Waals surface area contributed by atoms with Crippen molar-refractivity contribution in [3.8, 4) is 0 Å². The first-order chi connectivity index (χ1) is 7.58. The van der Waals surface area contributed by atoms with Gasteiger partial charge >= 0.3 is 0 Å². The van der Waals surface area contributed by atoms with E-state index >= 15 is 0 Å². The van der Waals surface area contributed by atoms with Crippen molar-refractivity contribution in [2.75, 3.05) is 32.8 Å². The van der Waals surface area contributed by atoms with Gasteiger partial charge in [-0.1, -0.05) is 27.7 Å². The Morgan fingerprint density at radius 1 is 1.38 bits per heavy atom. The van der Waals surface area contributed by atoms with Gasteiger partial charge in [0.25, 0.3) is 0 Å². The molecule has 0 unspecified atom stereocenters. The quantitative estimate of drug-likeness (QED) is 0.755. The molecule has 0 bridgehead atoms. The van der Waals surface area contributed by atoms with E-state index in [1.807, 2.05) is 0 Å². The summed E-state index contributed by atoms with van der Waals surface area (Å²) in [5.74, 6) is 0.757. The molecule has 16 heavy (non-hydrogen) atoms. The number of nitrogens with one attached hydrogen (secondary N) is 1. The van der Waals surface area contributed by atoms with Crippen LogP contribution in [-0.2, 0) is 4.74 Å². The van der Waals surface area contributed by atoms with E-state index in [9.17, 15) is 0 Å². The number of rotatable bonds is 6. The SMILES string of the molecule is CC(C)CN1CCO[C@H](CCNC(C)C)C1.[HH]. The lowest BCUT2D eigenvalue weighted by atomic mass is 10.1. The zero-order chi connectivity index (χ0) is 12.0. The molecule has 3 nitrogen and oxygen atoms in total. The number of morpholine rings is 1. The third-order valence-electron chi connectivity index (χ3n) is 2.87. The molecule has 0 saturated carbocycles. The molecule has 0 aromatic rings. The normalized spacial score (nSPS) is 23.2. The van der Waals surface area contributed by atoms with Gasteiger partial charge in [-0.05, 0) is 18.9 Å². The van der Waals surface area contributed by atoms with Gasteiger partial charge in [0.05, 0.1) is 12.7 Å². The van der Waals surface area contributed by atoms with Crippen LogP contribution in [0.15, 0.2) is 0 Å². The summed E-state index contributed by atoms with van der Waals surface area (Å²) in [6.07, 6.45) is 1.56. The van der Waals surface area contributed by atoms with E-state index in [4.69, 9.17) is 4.74 Å². The maximum atomic E-state index is 5.79. The first-order valence-corrected chi connectivity index (χ1v) is 6.65. The molecule has 1 aliphatic heterocycles. The topological polar surface area (TPSA) is 24.5 Å². The highest BCUT2D eigenvalue weighted by Gasteiger charge is 2.20. The minimum absolute atomic E-state index is 0. The summed E-state index contributed by atoms with van der Waals surface area (Å²) in [5.41, 5.74) is 0. The van der Waals surface area contributed by atoms with Crippen LogP contribution in [0.4, 0.5) is 0 Å². The minimum atomic E-state index is 0. The fraction of sp³-hybridized carbons (Fsp3) is 1.00. The second-order valence-corrected chi connectivity index (χ2v) is 5.54. The molecule has 0 amide bonds. The second kappa shape index (κ2) is 7.25. The van der Waals surface area contributed by atoms with Crippen LogP contribution in [0.5, 0.6) is 0 Å². The molecule has 0 aromatic heterocycles.